The molecule has 1 unspecified atom stereocenters. The summed E-state index contributed by atoms with van der Waals surface area (Å²) in [5.41, 5.74) is 12.3. The molecule has 49 heavy (non-hydrogen) atoms. The highest BCUT2D eigenvalue weighted by molar-refractivity contribution is 7.89. The summed E-state index contributed by atoms with van der Waals surface area (Å²) in [6.45, 7) is 10.9. The van der Waals surface area contributed by atoms with Gasteiger partial charge >= 0.3 is 5.97 Å². The Kier molecular flexibility index (Phi) is 12.6. The van der Waals surface area contributed by atoms with E-state index in [9.17, 15) is 22.0 Å². The van der Waals surface area contributed by atoms with Gasteiger partial charge in [0, 0.05) is 32.2 Å². The van der Waals surface area contributed by atoms with Crippen molar-refractivity contribution in [3.05, 3.63) is 87.5 Å². The Morgan fingerprint density at radius 2 is 1.86 bits per heavy atom. The molecule has 3 aromatic rings. The highest BCUT2D eigenvalue weighted by atomic mass is 32.2. The molecule has 6 N–H and O–H groups in total. The van der Waals surface area contributed by atoms with E-state index in [1.165, 1.54) is 29.6 Å². The number of alkyl halides is 2. The fraction of sp³-hybridized carbons (Fsp3) is 0.432. The predicted molar refractivity (Wildman–Crippen MR) is 192 cm³/mol. The van der Waals surface area contributed by atoms with Crippen molar-refractivity contribution in [3.63, 3.8) is 0 Å². The van der Waals surface area contributed by atoms with Crippen LogP contribution >= 0.6 is 0 Å². The molecule has 3 aromatic carbocycles. The molecule has 0 spiro atoms. The number of anilines is 2. The number of nitrogens with one attached hydrogen (secondary N) is 1. The van der Waals surface area contributed by atoms with Crippen LogP contribution in [-0.4, -0.2) is 46.0 Å². The summed E-state index contributed by atoms with van der Waals surface area (Å²) < 4.78 is 69.8. The van der Waals surface area contributed by atoms with Crippen LogP contribution in [-0.2, 0) is 38.3 Å². The number of methoxy groups -OCH3 is 1. The topological polar surface area (TPSA) is 146 Å². The van der Waals surface area contributed by atoms with Gasteiger partial charge in [0.2, 0.25) is 10.0 Å². The largest absolute Gasteiger partial charge is 0.494 e. The zero-order chi connectivity index (χ0) is 35.6. The minimum absolute atomic E-state index is 0. The molecule has 0 amide bonds. The number of carbonyl (C=O) groups excluding carboxylic acids is 1. The Morgan fingerprint density at radius 1 is 1.16 bits per heavy atom. The molecule has 268 valence electrons. The Hall–Kier alpha value is -4.00. The number of benzene rings is 3. The fourth-order valence-corrected chi connectivity index (χ4v) is 8.83. The van der Waals surface area contributed by atoms with Crippen molar-refractivity contribution in [2.75, 3.05) is 38.4 Å². The maximum atomic E-state index is 14.4. The normalized spacial score (nSPS) is 18.5. The lowest BCUT2D eigenvalue weighted by Gasteiger charge is -2.30. The van der Waals surface area contributed by atoms with E-state index in [0.717, 1.165) is 35.2 Å². The molecule has 1 aliphatic carbocycles. The zero-order valence-electron chi connectivity index (χ0n) is 29.7. The van der Waals surface area contributed by atoms with Crippen molar-refractivity contribution in [3.8, 4) is 5.75 Å². The predicted octanol–water partition coefficient (Wildman–Crippen LogP) is 7.79. The van der Waals surface area contributed by atoms with Gasteiger partial charge < -0.3 is 26.7 Å². The Bertz CT molecular complexity index is 1820. The molecule has 1 aliphatic heterocycles. The zero-order valence-corrected chi connectivity index (χ0v) is 30.6. The number of carbonyl (C=O) groups is 1. The number of hydrogen-bond donors (Lipinski definition) is 3. The smallest absolute Gasteiger partial charge is 0.331 e. The number of aryl methyl sites for hydroxylation is 1. The first kappa shape index (κ1) is 39.4. The molecule has 5 rings (SSSR count). The van der Waals surface area contributed by atoms with Crippen LogP contribution in [0.5, 0.6) is 5.75 Å². The summed E-state index contributed by atoms with van der Waals surface area (Å²) >= 11 is 0. The molecule has 0 radical (unpaired) electrons. The Morgan fingerprint density at radius 3 is 2.47 bits per heavy atom. The van der Waals surface area contributed by atoms with Crippen LogP contribution in [0.15, 0.2) is 53.4 Å². The van der Waals surface area contributed by atoms with Crippen LogP contribution in [0.4, 0.5) is 20.2 Å². The second-order valence-corrected chi connectivity index (χ2v) is 14.0. The number of halogens is 2. The first-order chi connectivity index (χ1) is 22.7. The number of fused-ring (bicyclic) bond motifs is 2. The van der Waals surface area contributed by atoms with Crippen LogP contribution in [0.2, 0.25) is 0 Å². The van der Waals surface area contributed by atoms with E-state index in [-0.39, 0.29) is 35.7 Å². The molecular weight excluding hydrogens is 650 g/mol. The molecule has 0 fully saturated rings. The maximum Gasteiger partial charge on any atom is 0.331 e. The van der Waals surface area contributed by atoms with Gasteiger partial charge in [-0.05, 0) is 96.2 Å². The van der Waals surface area contributed by atoms with Crippen molar-refractivity contribution in [2.45, 2.75) is 77.7 Å². The SMILES string of the molecule is CC.CCOC(=O)/C=C(/c1cc(N)c(NC)c(OC)c1)c1ccc(C)c2c1CCC2N1C[C@@H](C)Cc2ccc(C(C)(F)F)cc2S1(=O)=O.N. The molecule has 1 heterocycles. The summed E-state index contributed by atoms with van der Waals surface area (Å²) in [5.74, 6) is -3.26. The van der Waals surface area contributed by atoms with Gasteiger partial charge in [0.05, 0.1) is 36.0 Å². The molecular formula is C37H50F2N4O5S. The number of rotatable bonds is 8. The quantitative estimate of drug-likeness (QED) is 0.123. The number of ether oxygens (including phenoxy) is 2. The third-order valence-corrected chi connectivity index (χ3v) is 10.9. The second kappa shape index (κ2) is 15.7. The fourth-order valence-electron chi connectivity index (χ4n) is 6.82. The minimum atomic E-state index is -4.14. The summed E-state index contributed by atoms with van der Waals surface area (Å²) in [6.07, 6.45) is 2.92. The van der Waals surface area contributed by atoms with Crippen molar-refractivity contribution >= 4 is 32.9 Å². The van der Waals surface area contributed by atoms with E-state index in [1.54, 1.807) is 26.1 Å². The van der Waals surface area contributed by atoms with E-state index < -0.39 is 28.0 Å². The Balaban J connectivity index is 0.00000213. The van der Waals surface area contributed by atoms with Crippen molar-refractivity contribution in [1.29, 1.82) is 0 Å². The molecule has 0 saturated heterocycles. The number of nitrogens with zero attached hydrogens (tertiary/aromatic N) is 1. The molecule has 9 nitrogen and oxygen atoms in total. The van der Waals surface area contributed by atoms with Gasteiger partial charge in [-0.2, -0.15) is 4.31 Å². The molecule has 0 saturated carbocycles. The molecule has 0 bridgehead atoms. The average Bonchev–Trinajstić information content (AvgIpc) is 3.45. The van der Waals surface area contributed by atoms with Crippen LogP contribution in [0.1, 0.15) is 86.0 Å². The van der Waals surface area contributed by atoms with Crippen molar-refractivity contribution < 1.29 is 31.5 Å². The minimum Gasteiger partial charge on any atom is -0.494 e. The number of nitrogens with two attached hydrogens (primary N) is 1. The first-order valence-corrected chi connectivity index (χ1v) is 17.8. The van der Waals surface area contributed by atoms with Crippen LogP contribution < -0.4 is 21.9 Å². The first-order valence-electron chi connectivity index (χ1n) is 16.4. The second-order valence-electron chi connectivity index (χ2n) is 12.2. The monoisotopic (exact) mass is 700 g/mol. The van der Waals surface area contributed by atoms with Gasteiger partial charge in [-0.1, -0.05) is 45.0 Å². The number of nitrogen functional groups attached to an aromatic ring is 1. The summed E-state index contributed by atoms with van der Waals surface area (Å²) in [4.78, 5) is 12.8. The Labute approximate surface area is 289 Å². The van der Waals surface area contributed by atoms with E-state index in [0.29, 0.717) is 53.1 Å². The van der Waals surface area contributed by atoms with E-state index >= 15 is 0 Å². The van der Waals surface area contributed by atoms with Crippen LogP contribution in [0.3, 0.4) is 0 Å². The molecule has 2 atom stereocenters. The van der Waals surface area contributed by atoms with Crippen LogP contribution in [0, 0.1) is 12.8 Å². The molecule has 12 heteroatoms. The molecule has 0 aromatic heterocycles. The summed E-state index contributed by atoms with van der Waals surface area (Å²) in [5, 5.41) is 3.04. The third-order valence-electron chi connectivity index (χ3n) is 8.90. The molecule has 2 aliphatic rings. The number of hydrogen-bond acceptors (Lipinski definition) is 8. The number of sulfonamides is 1. The van der Waals surface area contributed by atoms with Gasteiger partial charge in [0.25, 0.3) is 5.92 Å². The summed E-state index contributed by atoms with van der Waals surface area (Å²) in [7, 11) is -0.868. The van der Waals surface area contributed by atoms with Gasteiger partial charge in [0.1, 0.15) is 5.75 Å². The maximum absolute atomic E-state index is 14.4. The number of esters is 1. The lowest BCUT2D eigenvalue weighted by molar-refractivity contribution is -0.137. The average molecular weight is 701 g/mol. The van der Waals surface area contributed by atoms with E-state index in [1.807, 2.05) is 39.8 Å². The standard InChI is InChI=1S/C35H41F2N3O5S.C2H6.H3N/c1-7-45-32(41)18-27(23-15-28(38)34(39-5)30(16-23)44-6)25-11-8-21(3)33-26(25)12-13-29(33)40-19-20(2)14-22-9-10-24(35(4,36)37)17-31(22)46(40,42)43;1-2;/h8-11,15-18,20,29,39H,7,12-14,19,38H2,1-6H3;1-2H3;1H3/b27-18-;;/t20-,29?;;/m0../s1. The van der Waals surface area contributed by atoms with Crippen molar-refractivity contribution in [2.24, 2.45) is 5.92 Å². The van der Waals surface area contributed by atoms with E-state index in [4.69, 9.17) is 15.2 Å². The van der Waals surface area contributed by atoms with Gasteiger partial charge in [-0.15, -0.1) is 0 Å². The highest BCUT2D eigenvalue weighted by Gasteiger charge is 2.42. The van der Waals surface area contributed by atoms with Gasteiger partial charge in [-0.25, -0.2) is 22.0 Å². The lowest BCUT2D eigenvalue weighted by atomic mass is 9.89. The van der Waals surface area contributed by atoms with Crippen molar-refractivity contribution in [1.82, 2.24) is 10.5 Å². The lowest BCUT2D eigenvalue weighted by Crippen LogP contribution is -2.36. The summed E-state index contributed by atoms with van der Waals surface area (Å²) in [6, 6.07) is 10.9. The third kappa shape index (κ3) is 7.76. The van der Waals surface area contributed by atoms with Crippen LogP contribution in [0.25, 0.3) is 5.57 Å². The van der Waals surface area contributed by atoms with Gasteiger partial charge in [-0.3, -0.25) is 0 Å². The highest BCUT2D eigenvalue weighted by Crippen LogP contribution is 2.47. The van der Waals surface area contributed by atoms with Gasteiger partial charge in [0.15, 0.2) is 0 Å². The van der Waals surface area contributed by atoms with E-state index in [2.05, 4.69) is 5.32 Å².